The van der Waals surface area contributed by atoms with Crippen LogP contribution in [0.15, 0.2) is 12.3 Å². The number of H-pyrrole nitrogens is 1. The molecule has 0 aromatic carbocycles. The quantitative estimate of drug-likeness (QED) is 0.813. The van der Waals surface area contributed by atoms with Gasteiger partial charge in [0, 0.05) is 12.7 Å². The summed E-state index contributed by atoms with van der Waals surface area (Å²) in [4.78, 5) is 7.64. The fourth-order valence-corrected chi connectivity index (χ4v) is 3.70. The number of aromatic amines is 1. The van der Waals surface area contributed by atoms with Gasteiger partial charge in [-0.1, -0.05) is 37.8 Å². The molecule has 1 fully saturated rings. The lowest BCUT2D eigenvalue weighted by atomic mass is 9.81. The number of nitrogens with zero attached hydrogens (tertiary/aromatic N) is 2. The average molecular weight is 310 g/mol. The van der Waals surface area contributed by atoms with Gasteiger partial charge in [0.15, 0.2) is 10.4 Å². The first-order valence-corrected chi connectivity index (χ1v) is 8.20. The highest BCUT2D eigenvalue weighted by molar-refractivity contribution is 7.71. The molecule has 3 rings (SSSR count). The molecular formula is C15H20ClN3S. The molecule has 108 valence electrons. The summed E-state index contributed by atoms with van der Waals surface area (Å²) in [6.45, 7) is 3.28. The second-order valence-electron chi connectivity index (χ2n) is 5.86. The van der Waals surface area contributed by atoms with E-state index in [1.54, 1.807) is 6.20 Å². The van der Waals surface area contributed by atoms with E-state index in [9.17, 15) is 0 Å². The van der Waals surface area contributed by atoms with Crippen LogP contribution in [0, 0.1) is 16.6 Å². The number of hydrogen-bond donors (Lipinski definition) is 1. The van der Waals surface area contributed by atoms with E-state index >= 15 is 0 Å². The third-order valence-electron chi connectivity index (χ3n) is 4.56. The molecule has 0 spiro atoms. The van der Waals surface area contributed by atoms with Gasteiger partial charge in [-0.15, -0.1) is 0 Å². The van der Waals surface area contributed by atoms with Crippen molar-refractivity contribution in [2.24, 2.45) is 11.8 Å². The molecule has 1 aliphatic rings. The van der Waals surface area contributed by atoms with Crippen LogP contribution in [0.3, 0.4) is 0 Å². The van der Waals surface area contributed by atoms with Gasteiger partial charge in [0.25, 0.3) is 0 Å². The van der Waals surface area contributed by atoms with Crippen molar-refractivity contribution in [3.63, 3.8) is 0 Å². The van der Waals surface area contributed by atoms with Gasteiger partial charge in [-0.25, -0.2) is 4.98 Å². The van der Waals surface area contributed by atoms with Crippen LogP contribution < -0.4 is 0 Å². The lowest BCUT2D eigenvalue weighted by molar-refractivity contribution is 0.248. The van der Waals surface area contributed by atoms with Crippen molar-refractivity contribution in [2.45, 2.75) is 45.6 Å². The summed E-state index contributed by atoms with van der Waals surface area (Å²) < 4.78 is 2.89. The van der Waals surface area contributed by atoms with E-state index in [2.05, 4.69) is 21.5 Å². The predicted octanol–water partition coefficient (Wildman–Crippen LogP) is 4.96. The number of nitrogens with one attached hydrogen (secondary N) is 1. The van der Waals surface area contributed by atoms with Crippen LogP contribution in [-0.4, -0.2) is 14.5 Å². The first-order valence-electron chi connectivity index (χ1n) is 7.41. The van der Waals surface area contributed by atoms with Crippen LogP contribution in [0.1, 0.15) is 39.0 Å². The van der Waals surface area contributed by atoms with Gasteiger partial charge >= 0.3 is 0 Å². The third-order valence-corrected chi connectivity index (χ3v) is 5.09. The molecule has 2 heterocycles. The van der Waals surface area contributed by atoms with Crippen LogP contribution in [0.4, 0.5) is 0 Å². The van der Waals surface area contributed by atoms with Crippen molar-refractivity contribution in [2.75, 3.05) is 0 Å². The highest BCUT2D eigenvalue weighted by Gasteiger charge is 2.21. The molecule has 0 radical (unpaired) electrons. The summed E-state index contributed by atoms with van der Waals surface area (Å²) in [7, 11) is 0. The Labute approximate surface area is 129 Å². The van der Waals surface area contributed by atoms with Gasteiger partial charge in [-0.2, -0.15) is 0 Å². The van der Waals surface area contributed by atoms with Crippen molar-refractivity contribution in [1.29, 1.82) is 0 Å². The molecule has 0 amide bonds. The van der Waals surface area contributed by atoms with Gasteiger partial charge in [0.2, 0.25) is 0 Å². The second kappa shape index (κ2) is 5.86. The number of rotatable bonds is 3. The molecule has 5 heteroatoms. The number of halogens is 1. The Morgan fingerprint density at radius 1 is 1.35 bits per heavy atom. The van der Waals surface area contributed by atoms with E-state index in [-0.39, 0.29) is 0 Å². The summed E-state index contributed by atoms with van der Waals surface area (Å²) in [5.74, 6) is 1.65. The first kappa shape index (κ1) is 14.1. The summed E-state index contributed by atoms with van der Waals surface area (Å²) >= 11 is 11.4. The van der Waals surface area contributed by atoms with Crippen molar-refractivity contribution in [3.05, 3.63) is 22.1 Å². The highest BCUT2D eigenvalue weighted by atomic mass is 35.5. The zero-order valence-corrected chi connectivity index (χ0v) is 13.3. The molecule has 0 unspecified atom stereocenters. The molecule has 3 nitrogen and oxygen atoms in total. The SMILES string of the molecule is CCC1CCC(Cn2c(=S)[nH]c3cc(Cl)cnc32)CC1. The molecule has 2 aromatic rings. The minimum absolute atomic E-state index is 0.643. The summed E-state index contributed by atoms with van der Waals surface area (Å²) in [6.07, 6.45) is 8.34. The van der Waals surface area contributed by atoms with Gasteiger partial charge in [0.05, 0.1) is 10.5 Å². The van der Waals surface area contributed by atoms with Crippen LogP contribution in [-0.2, 0) is 6.54 Å². The number of fused-ring (bicyclic) bond motifs is 1. The second-order valence-corrected chi connectivity index (χ2v) is 6.68. The first-order chi connectivity index (χ1) is 9.67. The van der Waals surface area contributed by atoms with Gasteiger partial charge in [-0.05, 0) is 43.0 Å². The maximum absolute atomic E-state index is 5.98. The fourth-order valence-electron chi connectivity index (χ4n) is 3.27. The molecule has 1 aliphatic carbocycles. The van der Waals surface area contributed by atoms with Crippen molar-refractivity contribution in [3.8, 4) is 0 Å². The summed E-state index contributed by atoms with van der Waals surface area (Å²) in [6, 6.07) is 1.89. The zero-order chi connectivity index (χ0) is 14.1. The average Bonchev–Trinajstić information content (AvgIpc) is 2.75. The molecular weight excluding hydrogens is 290 g/mol. The lowest BCUT2D eigenvalue weighted by Crippen LogP contribution is -2.19. The van der Waals surface area contributed by atoms with Crippen LogP contribution >= 0.6 is 23.8 Å². The largest absolute Gasteiger partial charge is 0.329 e. The number of imidazole rings is 1. The van der Waals surface area contributed by atoms with Crippen molar-refractivity contribution < 1.29 is 0 Å². The zero-order valence-electron chi connectivity index (χ0n) is 11.7. The summed E-state index contributed by atoms with van der Waals surface area (Å²) in [5.41, 5.74) is 1.86. The molecule has 0 saturated heterocycles. The predicted molar refractivity (Wildman–Crippen MR) is 85.7 cm³/mol. The molecule has 0 aliphatic heterocycles. The Hall–Kier alpha value is -0.870. The third kappa shape index (κ3) is 2.77. The van der Waals surface area contributed by atoms with Crippen molar-refractivity contribution in [1.82, 2.24) is 14.5 Å². The molecule has 0 atom stereocenters. The number of pyridine rings is 1. The monoisotopic (exact) mass is 309 g/mol. The standard InChI is InChI=1S/C15H20ClN3S/c1-2-10-3-5-11(6-4-10)9-19-14-13(18-15(19)20)7-12(16)8-17-14/h7-8,10-11H,2-6,9H2,1H3,(H,18,20). The Balaban J connectivity index is 1.81. The minimum Gasteiger partial charge on any atom is -0.329 e. The number of hydrogen-bond acceptors (Lipinski definition) is 2. The van der Waals surface area contributed by atoms with E-state index in [0.717, 1.165) is 34.3 Å². The highest BCUT2D eigenvalue weighted by Crippen LogP contribution is 2.32. The lowest BCUT2D eigenvalue weighted by Gasteiger charge is -2.27. The van der Waals surface area contributed by atoms with Crippen LogP contribution in [0.25, 0.3) is 11.2 Å². The maximum atomic E-state index is 5.98. The smallest absolute Gasteiger partial charge is 0.179 e. The normalized spacial score (nSPS) is 23.3. The van der Waals surface area contributed by atoms with Gasteiger partial charge in [-0.3, -0.25) is 0 Å². The van der Waals surface area contributed by atoms with E-state index in [0.29, 0.717) is 5.02 Å². The molecule has 1 N–H and O–H groups in total. The van der Waals surface area contributed by atoms with Crippen molar-refractivity contribution >= 4 is 35.0 Å². The molecule has 0 bridgehead atoms. The van der Waals surface area contributed by atoms with E-state index in [1.807, 2.05) is 6.07 Å². The van der Waals surface area contributed by atoms with E-state index in [1.165, 1.54) is 32.1 Å². The Morgan fingerprint density at radius 3 is 2.75 bits per heavy atom. The Kier molecular flexibility index (Phi) is 4.13. The number of aromatic nitrogens is 3. The Morgan fingerprint density at radius 2 is 2.05 bits per heavy atom. The van der Waals surface area contributed by atoms with E-state index < -0.39 is 0 Å². The molecule has 20 heavy (non-hydrogen) atoms. The van der Waals surface area contributed by atoms with Gasteiger partial charge in [0.1, 0.15) is 0 Å². The van der Waals surface area contributed by atoms with E-state index in [4.69, 9.17) is 23.8 Å². The van der Waals surface area contributed by atoms with Gasteiger partial charge < -0.3 is 9.55 Å². The Bertz CT molecular complexity index is 653. The van der Waals surface area contributed by atoms with Crippen LogP contribution in [0.5, 0.6) is 0 Å². The molecule has 1 saturated carbocycles. The molecule has 2 aromatic heterocycles. The van der Waals surface area contributed by atoms with Crippen LogP contribution in [0.2, 0.25) is 5.02 Å². The fraction of sp³-hybridized carbons (Fsp3) is 0.600. The maximum Gasteiger partial charge on any atom is 0.179 e. The minimum atomic E-state index is 0.643. The summed E-state index contributed by atoms with van der Waals surface area (Å²) in [5, 5.41) is 0.643. The topological polar surface area (TPSA) is 33.6 Å².